The van der Waals surface area contributed by atoms with E-state index in [9.17, 15) is 0 Å². The second kappa shape index (κ2) is 5.01. The van der Waals surface area contributed by atoms with Gasteiger partial charge in [0.15, 0.2) is 0 Å². The molecule has 2 nitrogen and oxygen atoms in total. The van der Waals surface area contributed by atoms with Gasteiger partial charge >= 0.3 is 0 Å². The molecule has 1 unspecified atom stereocenters. The van der Waals surface area contributed by atoms with Gasteiger partial charge in [0.2, 0.25) is 0 Å². The van der Waals surface area contributed by atoms with Gasteiger partial charge in [-0.3, -0.25) is 0 Å². The van der Waals surface area contributed by atoms with Crippen molar-refractivity contribution in [3.8, 4) is 5.75 Å². The van der Waals surface area contributed by atoms with Crippen molar-refractivity contribution >= 4 is 0 Å². The van der Waals surface area contributed by atoms with Crippen molar-refractivity contribution in [2.24, 2.45) is 5.73 Å². The Morgan fingerprint density at radius 2 is 2.14 bits per heavy atom. The Morgan fingerprint density at radius 3 is 2.64 bits per heavy atom. The number of nitrogens with two attached hydrogens (primary N) is 1. The Kier molecular flexibility index (Phi) is 3.96. The van der Waals surface area contributed by atoms with Gasteiger partial charge in [0, 0.05) is 0 Å². The van der Waals surface area contributed by atoms with Crippen molar-refractivity contribution in [1.82, 2.24) is 0 Å². The van der Waals surface area contributed by atoms with E-state index in [4.69, 9.17) is 10.5 Å². The van der Waals surface area contributed by atoms with Crippen molar-refractivity contribution in [2.45, 2.75) is 26.2 Å². The molecule has 0 saturated carbocycles. The molecule has 2 N–H and O–H groups in total. The predicted octanol–water partition coefficient (Wildman–Crippen LogP) is 2.46. The lowest BCUT2D eigenvalue weighted by Gasteiger charge is -2.16. The van der Waals surface area contributed by atoms with Crippen molar-refractivity contribution in [3.05, 3.63) is 29.3 Å². The van der Waals surface area contributed by atoms with Gasteiger partial charge in [-0.2, -0.15) is 0 Å². The van der Waals surface area contributed by atoms with Crippen LogP contribution in [-0.2, 0) is 0 Å². The molecule has 0 heterocycles. The lowest BCUT2D eigenvalue weighted by molar-refractivity contribution is 0.404. The molecule has 1 rings (SSSR count). The summed E-state index contributed by atoms with van der Waals surface area (Å²) >= 11 is 0. The Balaban J connectivity index is 3.06. The van der Waals surface area contributed by atoms with E-state index in [-0.39, 0.29) is 0 Å². The van der Waals surface area contributed by atoms with Gasteiger partial charge in [-0.05, 0) is 43.0 Å². The first-order valence-corrected chi connectivity index (χ1v) is 5.07. The average molecular weight is 193 g/mol. The standard InChI is InChI=1S/C12H19NO/c1-4-10(8-13)11-6-5-9(2)7-12(11)14-3/h5-7,10H,4,8,13H2,1-3H3. The summed E-state index contributed by atoms with van der Waals surface area (Å²) in [6.45, 7) is 4.89. The minimum Gasteiger partial charge on any atom is -0.496 e. The van der Waals surface area contributed by atoms with E-state index >= 15 is 0 Å². The van der Waals surface area contributed by atoms with Crippen LogP contribution in [0.25, 0.3) is 0 Å². The van der Waals surface area contributed by atoms with Crippen LogP contribution in [0.4, 0.5) is 0 Å². The number of benzene rings is 1. The van der Waals surface area contributed by atoms with Gasteiger partial charge in [-0.1, -0.05) is 19.1 Å². The molecule has 0 amide bonds. The lowest BCUT2D eigenvalue weighted by atomic mass is 9.95. The first-order chi connectivity index (χ1) is 6.72. The van der Waals surface area contributed by atoms with Gasteiger partial charge < -0.3 is 10.5 Å². The molecule has 0 aliphatic heterocycles. The summed E-state index contributed by atoms with van der Waals surface area (Å²) < 4.78 is 5.36. The number of aryl methyl sites for hydroxylation is 1. The molecule has 2 heteroatoms. The summed E-state index contributed by atoms with van der Waals surface area (Å²) in [5, 5.41) is 0. The monoisotopic (exact) mass is 193 g/mol. The number of rotatable bonds is 4. The van der Waals surface area contributed by atoms with Crippen LogP contribution in [0.2, 0.25) is 0 Å². The van der Waals surface area contributed by atoms with Crippen molar-refractivity contribution in [1.29, 1.82) is 0 Å². The van der Waals surface area contributed by atoms with E-state index in [2.05, 4.69) is 32.0 Å². The topological polar surface area (TPSA) is 35.2 Å². The highest BCUT2D eigenvalue weighted by Gasteiger charge is 2.12. The molecule has 0 aromatic heterocycles. The molecule has 78 valence electrons. The molecule has 0 fully saturated rings. The Bertz CT molecular complexity index is 292. The van der Waals surface area contributed by atoms with Crippen LogP contribution < -0.4 is 10.5 Å². The second-order valence-corrected chi connectivity index (χ2v) is 3.59. The fourth-order valence-electron chi connectivity index (χ4n) is 1.67. The van der Waals surface area contributed by atoms with Crippen molar-refractivity contribution < 1.29 is 4.74 Å². The molecule has 1 atom stereocenters. The average Bonchev–Trinajstić information content (AvgIpc) is 2.21. The molecule has 14 heavy (non-hydrogen) atoms. The fraction of sp³-hybridized carbons (Fsp3) is 0.500. The first kappa shape index (κ1) is 11.1. The third-order valence-electron chi connectivity index (χ3n) is 2.61. The highest BCUT2D eigenvalue weighted by Crippen LogP contribution is 2.28. The van der Waals surface area contributed by atoms with Gasteiger partial charge in [-0.15, -0.1) is 0 Å². The summed E-state index contributed by atoms with van der Waals surface area (Å²) in [5.74, 6) is 1.37. The van der Waals surface area contributed by atoms with Gasteiger partial charge in [0.1, 0.15) is 5.75 Å². The first-order valence-electron chi connectivity index (χ1n) is 5.07. The molecular weight excluding hydrogens is 174 g/mol. The molecule has 0 saturated heterocycles. The van der Waals surface area contributed by atoms with E-state index in [0.29, 0.717) is 12.5 Å². The zero-order chi connectivity index (χ0) is 10.6. The lowest BCUT2D eigenvalue weighted by Crippen LogP contribution is -2.12. The van der Waals surface area contributed by atoms with Crippen LogP contribution in [0.15, 0.2) is 18.2 Å². The van der Waals surface area contributed by atoms with Crippen LogP contribution in [-0.4, -0.2) is 13.7 Å². The van der Waals surface area contributed by atoms with E-state index in [1.165, 1.54) is 11.1 Å². The van der Waals surface area contributed by atoms with E-state index in [0.717, 1.165) is 12.2 Å². The Morgan fingerprint density at radius 1 is 1.43 bits per heavy atom. The highest BCUT2D eigenvalue weighted by atomic mass is 16.5. The third kappa shape index (κ3) is 2.26. The maximum atomic E-state index is 5.72. The van der Waals surface area contributed by atoms with E-state index in [1.54, 1.807) is 7.11 Å². The highest BCUT2D eigenvalue weighted by molar-refractivity contribution is 5.39. The van der Waals surface area contributed by atoms with Gasteiger partial charge in [0.05, 0.1) is 7.11 Å². The SMILES string of the molecule is CCC(CN)c1ccc(C)cc1OC. The summed E-state index contributed by atoms with van der Waals surface area (Å²) in [5.41, 5.74) is 8.17. The molecule has 1 aromatic rings. The zero-order valence-electron chi connectivity index (χ0n) is 9.21. The normalized spacial score (nSPS) is 12.6. The van der Waals surface area contributed by atoms with Crippen LogP contribution in [0, 0.1) is 6.92 Å². The van der Waals surface area contributed by atoms with Crippen molar-refractivity contribution in [2.75, 3.05) is 13.7 Å². The summed E-state index contributed by atoms with van der Waals surface area (Å²) in [4.78, 5) is 0. The van der Waals surface area contributed by atoms with E-state index in [1.807, 2.05) is 0 Å². The largest absolute Gasteiger partial charge is 0.496 e. The zero-order valence-corrected chi connectivity index (χ0v) is 9.21. The van der Waals surface area contributed by atoms with Crippen LogP contribution in [0.1, 0.15) is 30.4 Å². The number of hydrogen-bond acceptors (Lipinski definition) is 2. The Labute approximate surface area is 86.1 Å². The number of ether oxygens (including phenoxy) is 1. The molecule has 0 aliphatic carbocycles. The minimum atomic E-state index is 0.408. The summed E-state index contributed by atoms with van der Waals surface area (Å²) in [6, 6.07) is 6.29. The molecule has 0 radical (unpaired) electrons. The second-order valence-electron chi connectivity index (χ2n) is 3.59. The maximum Gasteiger partial charge on any atom is 0.122 e. The molecule has 1 aromatic carbocycles. The van der Waals surface area contributed by atoms with Gasteiger partial charge in [-0.25, -0.2) is 0 Å². The van der Waals surface area contributed by atoms with Crippen LogP contribution in [0.3, 0.4) is 0 Å². The molecule has 0 aliphatic rings. The minimum absolute atomic E-state index is 0.408. The number of methoxy groups -OCH3 is 1. The van der Waals surface area contributed by atoms with Crippen LogP contribution in [0.5, 0.6) is 5.75 Å². The number of hydrogen-bond donors (Lipinski definition) is 1. The fourth-order valence-corrected chi connectivity index (χ4v) is 1.67. The predicted molar refractivity (Wildman–Crippen MR) is 59.8 cm³/mol. The summed E-state index contributed by atoms with van der Waals surface area (Å²) in [7, 11) is 1.71. The Hall–Kier alpha value is -1.02. The van der Waals surface area contributed by atoms with Gasteiger partial charge in [0.25, 0.3) is 0 Å². The maximum absolute atomic E-state index is 5.72. The van der Waals surface area contributed by atoms with E-state index < -0.39 is 0 Å². The third-order valence-corrected chi connectivity index (χ3v) is 2.61. The quantitative estimate of drug-likeness (QED) is 0.797. The smallest absolute Gasteiger partial charge is 0.122 e. The van der Waals surface area contributed by atoms with Crippen LogP contribution >= 0.6 is 0 Å². The molecule has 0 spiro atoms. The molecular formula is C12H19NO. The summed E-state index contributed by atoms with van der Waals surface area (Å²) in [6.07, 6.45) is 1.05. The van der Waals surface area contributed by atoms with Crippen molar-refractivity contribution in [3.63, 3.8) is 0 Å². The molecule has 0 bridgehead atoms.